The van der Waals surface area contributed by atoms with Crippen LogP contribution >= 0.6 is 23.2 Å². The molecule has 0 unspecified atom stereocenters. The van der Waals surface area contributed by atoms with E-state index in [0.717, 1.165) is 0 Å². The van der Waals surface area contributed by atoms with Crippen LogP contribution in [0.1, 0.15) is 19.4 Å². The number of amides is 1. The molecule has 0 aliphatic carbocycles. The summed E-state index contributed by atoms with van der Waals surface area (Å²) in [7, 11) is 0. The molecule has 4 nitrogen and oxygen atoms in total. The molecule has 1 aromatic carbocycles. The van der Waals surface area contributed by atoms with Gasteiger partial charge in [-0.05, 0) is 32.0 Å². The molecule has 0 bridgehead atoms. The first-order valence-corrected chi connectivity index (χ1v) is 5.95. The maximum atomic E-state index is 11.6. The number of azo groups is 1. The minimum absolute atomic E-state index is 0.131. The van der Waals surface area contributed by atoms with Gasteiger partial charge in [-0.25, -0.2) is 0 Å². The van der Waals surface area contributed by atoms with Crippen LogP contribution in [-0.2, 0) is 4.79 Å². The highest BCUT2D eigenvalue weighted by Crippen LogP contribution is 2.36. The summed E-state index contributed by atoms with van der Waals surface area (Å²) in [4.78, 5) is 11.6. The third-order valence-electron chi connectivity index (χ3n) is 2.64. The Balaban J connectivity index is 2.60. The molecule has 1 N–H and O–H groups in total. The van der Waals surface area contributed by atoms with Crippen molar-refractivity contribution in [1.82, 2.24) is 0 Å². The molecule has 6 heteroatoms. The second kappa shape index (κ2) is 4.37. The molecule has 2 rings (SSSR count). The van der Waals surface area contributed by atoms with Gasteiger partial charge in [-0.1, -0.05) is 23.2 Å². The first-order chi connectivity index (χ1) is 8.33. The van der Waals surface area contributed by atoms with Gasteiger partial charge < -0.3 is 5.11 Å². The standard InChI is InChI=1S/C12H10Cl2N2O2/c1-12(2)9(11(18)15-16-12)10(17)7-4-3-6(13)5-8(7)14/h3-5,17H,1-2H3. The van der Waals surface area contributed by atoms with E-state index in [1.54, 1.807) is 26.0 Å². The molecule has 0 fully saturated rings. The fourth-order valence-electron chi connectivity index (χ4n) is 1.74. The van der Waals surface area contributed by atoms with E-state index in [4.69, 9.17) is 23.2 Å². The highest BCUT2D eigenvalue weighted by Gasteiger charge is 2.38. The maximum Gasteiger partial charge on any atom is 0.297 e. The lowest BCUT2D eigenvalue weighted by Crippen LogP contribution is -2.20. The largest absolute Gasteiger partial charge is 0.507 e. The minimum Gasteiger partial charge on any atom is -0.507 e. The molecule has 0 saturated heterocycles. The van der Waals surface area contributed by atoms with Crippen molar-refractivity contribution in [2.45, 2.75) is 19.4 Å². The summed E-state index contributed by atoms with van der Waals surface area (Å²) in [5, 5.41) is 18.2. The van der Waals surface area contributed by atoms with E-state index in [0.29, 0.717) is 10.6 Å². The number of carbonyl (C=O) groups is 1. The Labute approximate surface area is 114 Å². The Morgan fingerprint density at radius 1 is 1.33 bits per heavy atom. The minimum atomic E-state index is -0.857. The van der Waals surface area contributed by atoms with Gasteiger partial charge in [-0.3, -0.25) is 4.79 Å². The average molecular weight is 285 g/mol. The SMILES string of the molecule is CC1(C)N=NC(=O)C1=C(O)c1ccc(Cl)cc1Cl. The first kappa shape index (κ1) is 13.1. The van der Waals surface area contributed by atoms with Crippen molar-refractivity contribution in [3.63, 3.8) is 0 Å². The summed E-state index contributed by atoms with van der Waals surface area (Å²) in [6, 6.07) is 4.63. The smallest absolute Gasteiger partial charge is 0.297 e. The predicted octanol–water partition coefficient (Wildman–Crippen LogP) is 4.03. The van der Waals surface area contributed by atoms with Crippen LogP contribution in [0.25, 0.3) is 5.76 Å². The van der Waals surface area contributed by atoms with E-state index in [1.807, 2.05) is 0 Å². The monoisotopic (exact) mass is 284 g/mol. The molecular weight excluding hydrogens is 275 g/mol. The van der Waals surface area contributed by atoms with Gasteiger partial charge in [-0.15, -0.1) is 5.11 Å². The number of aliphatic hydroxyl groups excluding tert-OH is 1. The molecule has 1 aliphatic heterocycles. The lowest BCUT2D eigenvalue weighted by Gasteiger charge is -2.15. The van der Waals surface area contributed by atoms with Crippen molar-refractivity contribution in [1.29, 1.82) is 0 Å². The van der Waals surface area contributed by atoms with Crippen molar-refractivity contribution in [3.05, 3.63) is 39.4 Å². The summed E-state index contributed by atoms with van der Waals surface area (Å²) in [6.07, 6.45) is 0. The van der Waals surface area contributed by atoms with Gasteiger partial charge >= 0.3 is 0 Å². The van der Waals surface area contributed by atoms with Crippen LogP contribution in [0.2, 0.25) is 10.0 Å². The van der Waals surface area contributed by atoms with Gasteiger partial charge in [0.05, 0.1) is 10.6 Å². The molecule has 0 spiro atoms. The molecule has 0 radical (unpaired) electrons. The Hall–Kier alpha value is -1.39. The van der Waals surface area contributed by atoms with Gasteiger partial charge in [0.1, 0.15) is 11.3 Å². The Kier molecular flexibility index (Phi) is 3.17. The number of nitrogens with zero attached hydrogens (tertiary/aromatic N) is 2. The van der Waals surface area contributed by atoms with Crippen LogP contribution in [0.3, 0.4) is 0 Å². The number of aliphatic hydroxyl groups is 1. The fourth-order valence-corrected chi connectivity index (χ4v) is 2.24. The molecule has 1 aliphatic rings. The Morgan fingerprint density at radius 3 is 2.50 bits per heavy atom. The highest BCUT2D eigenvalue weighted by atomic mass is 35.5. The van der Waals surface area contributed by atoms with Gasteiger partial charge in [0.25, 0.3) is 5.91 Å². The number of halogens is 2. The van der Waals surface area contributed by atoms with Crippen LogP contribution in [0.4, 0.5) is 0 Å². The second-order valence-corrected chi connectivity index (χ2v) is 5.26. The van der Waals surface area contributed by atoms with E-state index in [9.17, 15) is 9.90 Å². The number of hydrogen-bond donors (Lipinski definition) is 1. The molecule has 1 aromatic rings. The van der Waals surface area contributed by atoms with Crippen molar-refractivity contribution in [3.8, 4) is 0 Å². The van der Waals surface area contributed by atoms with Crippen LogP contribution in [0.15, 0.2) is 34.0 Å². The zero-order valence-corrected chi connectivity index (χ0v) is 11.2. The molecule has 1 amide bonds. The average Bonchev–Trinajstić information content (AvgIpc) is 2.52. The van der Waals surface area contributed by atoms with Crippen molar-refractivity contribution in [2.75, 3.05) is 0 Å². The lowest BCUT2D eigenvalue weighted by molar-refractivity contribution is -0.114. The van der Waals surface area contributed by atoms with E-state index in [2.05, 4.69) is 10.2 Å². The predicted molar refractivity (Wildman–Crippen MR) is 70.0 cm³/mol. The Morgan fingerprint density at radius 2 is 2.00 bits per heavy atom. The molecule has 0 aromatic heterocycles. The zero-order valence-electron chi connectivity index (χ0n) is 9.74. The van der Waals surface area contributed by atoms with Crippen LogP contribution in [0.5, 0.6) is 0 Å². The van der Waals surface area contributed by atoms with E-state index in [1.165, 1.54) is 6.07 Å². The van der Waals surface area contributed by atoms with Gasteiger partial charge in [0.2, 0.25) is 0 Å². The summed E-state index contributed by atoms with van der Waals surface area (Å²) < 4.78 is 0. The van der Waals surface area contributed by atoms with Gasteiger partial charge in [-0.2, -0.15) is 5.11 Å². The summed E-state index contributed by atoms with van der Waals surface area (Å²) in [5.74, 6) is -0.764. The van der Waals surface area contributed by atoms with Gasteiger partial charge in [0.15, 0.2) is 0 Å². The van der Waals surface area contributed by atoms with Gasteiger partial charge in [0, 0.05) is 10.6 Å². The second-order valence-electron chi connectivity index (χ2n) is 4.41. The third kappa shape index (κ3) is 2.13. The van der Waals surface area contributed by atoms with E-state index >= 15 is 0 Å². The van der Waals surface area contributed by atoms with Crippen LogP contribution in [-0.4, -0.2) is 16.6 Å². The quantitative estimate of drug-likeness (QED) is 0.625. The van der Waals surface area contributed by atoms with Crippen molar-refractivity contribution < 1.29 is 9.90 Å². The van der Waals surface area contributed by atoms with Crippen molar-refractivity contribution in [2.24, 2.45) is 10.2 Å². The topological polar surface area (TPSA) is 62.0 Å². The molecule has 94 valence electrons. The van der Waals surface area contributed by atoms with Crippen LogP contribution in [0, 0.1) is 0 Å². The first-order valence-electron chi connectivity index (χ1n) is 5.19. The number of rotatable bonds is 1. The highest BCUT2D eigenvalue weighted by molar-refractivity contribution is 6.35. The van der Waals surface area contributed by atoms with E-state index in [-0.39, 0.29) is 16.4 Å². The number of carbonyl (C=O) groups excluding carboxylic acids is 1. The fraction of sp³-hybridized carbons (Fsp3) is 0.250. The molecule has 18 heavy (non-hydrogen) atoms. The molecule has 0 saturated carbocycles. The molecule has 0 atom stereocenters. The van der Waals surface area contributed by atoms with Crippen LogP contribution < -0.4 is 0 Å². The normalized spacial score (nSPS) is 20.3. The molecular formula is C12H10Cl2N2O2. The lowest BCUT2D eigenvalue weighted by atomic mass is 9.92. The van der Waals surface area contributed by atoms with E-state index < -0.39 is 11.4 Å². The summed E-state index contributed by atoms with van der Waals surface area (Å²) in [6.45, 7) is 3.38. The number of benzene rings is 1. The Bertz CT molecular complexity index is 592. The van der Waals surface area contributed by atoms with Crippen molar-refractivity contribution >= 4 is 34.9 Å². The molecule has 1 heterocycles. The zero-order chi connectivity index (χ0) is 13.5. The number of hydrogen-bond acceptors (Lipinski definition) is 3. The summed E-state index contributed by atoms with van der Waals surface area (Å²) >= 11 is 11.8. The summed E-state index contributed by atoms with van der Waals surface area (Å²) in [5.41, 5.74) is -0.388. The third-order valence-corrected chi connectivity index (χ3v) is 3.19. The maximum absolute atomic E-state index is 11.6.